The van der Waals surface area contributed by atoms with Crippen molar-refractivity contribution in [3.05, 3.63) is 0 Å². The average Bonchev–Trinajstić information content (AvgIpc) is 2.28. The van der Waals surface area contributed by atoms with Crippen molar-refractivity contribution >= 4 is 5.97 Å². The van der Waals surface area contributed by atoms with E-state index >= 15 is 0 Å². The fraction of sp³-hybridized carbons (Fsp3) is 0.909. The molecule has 2 atom stereocenters. The van der Waals surface area contributed by atoms with Crippen LogP contribution in [0, 0.1) is 11.8 Å². The van der Waals surface area contributed by atoms with Crippen molar-refractivity contribution in [2.24, 2.45) is 11.8 Å². The third-order valence-corrected chi connectivity index (χ3v) is 2.86. The highest BCUT2D eigenvalue weighted by molar-refractivity contribution is 5.70. The Morgan fingerprint density at radius 3 is 2.73 bits per heavy atom. The lowest BCUT2D eigenvalue weighted by molar-refractivity contribution is -0.142. The van der Waals surface area contributed by atoms with Crippen LogP contribution in [0.25, 0.3) is 0 Å². The summed E-state index contributed by atoms with van der Waals surface area (Å²) in [6, 6.07) is 0.428. The van der Waals surface area contributed by atoms with Crippen molar-refractivity contribution < 1.29 is 9.90 Å². The summed E-state index contributed by atoms with van der Waals surface area (Å²) in [7, 11) is 0. The minimum absolute atomic E-state index is 0.270. The maximum absolute atomic E-state index is 11.0. The number of aliphatic carboxylic acids is 1. The van der Waals surface area contributed by atoms with Crippen molar-refractivity contribution in [3.8, 4) is 0 Å². The van der Waals surface area contributed by atoms with Gasteiger partial charge in [-0.2, -0.15) is 0 Å². The average molecular weight is 214 g/mol. The summed E-state index contributed by atoms with van der Waals surface area (Å²) in [6.07, 6.45) is 0. The molecule has 4 heteroatoms. The first-order valence-electron chi connectivity index (χ1n) is 5.68. The number of hydrogen-bond acceptors (Lipinski definition) is 3. The van der Waals surface area contributed by atoms with Crippen molar-refractivity contribution in [1.82, 2.24) is 10.2 Å². The summed E-state index contributed by atoms with van der Waals surface area (Å²) >= 11 is 0. The van der Waals surface area contributed by atoms with Crippen LogP contribution in [-0.4, -0.2) is 48.2 Å². The smallest absolute Gasteiger partial charge is 0.309 e. The topological polar surface area (TPSA) is 52.6 Å². The van der Waals surface area contributed by atoms with E-state index < -0.39 is 5.97 Å². The minimum atomic E-state index is -0.689. The molecule has 0 amide bonds. The molecule has 2 N–H and O–H groups in total. The van der Waals surface area contributed by atoms with Crippen molar-refractivity contribution in [3.63, 3.8) is 0 Å². The summed E-state index contributed by atoms with van der Waals surface area (Å²) in [5.74, 6) is -0.376. The number of carboxylic acid groups (broad SMARTS) is 1. The molecule has 0 aromatic heterocycles. The summed E-state index contributed by atoms with van der Waals surface area (Å²) < 4.78 is 0. The zero-order valence-electron chi connectivity index (χ0n) is 9.86. The molecular weight excluding hydrogens is 192 g/mol. The van der Waals surface area contributed by atoms with Crippen LogP contribution in [0.1, 0.15) is 20.8 Å². The van der Waals surface area contributed by atoms with Gasteiger partial charge in [0.2, 0.25) is 0 Å². The molecule has 1 aliphatic rings. The van der Waals surface area contributed by atoms with Gasteiger partial charge in [-0.15, -0.1) is 0 Å². The summed E-state index contributed by atoms with van der Waals surface area (Å²) in [5, 5.41) is 12.2. The highest BCUT2D eigenvalue weighted by Gasteiger charge is 2.27. The number of rotatable bonds is 3. The Bertz CT molecular complexity index is 219. The fourth-order valence-corrected chi connectivity index (χ4v) is 2.01. The second-order valence-corrected chi connectivity index (χ2v) is 4.89. The molecule has 1 fully saturated rings. The maximum Gasteiger partial charge on any atom is 0.309 e. The van der Waals surface area contributed by atoms with E-state index in [1.54, 1.807) is 0 Å². The highest BCUT2D eigenvalue weighted by atomic mass is 16.4. The molecule has 1 rings (SSSR count). The van der Waals surface area contributed by atoms with Gasteiger partial charge in [-0.25, -0.2) is 0 Å². The maximum atomic E-state index is 11.0. The standard InChI is InChI=1S/C11H22N2O2/c1-8(2)6-13-7-10(11(14)15)5-12-4-9(13)3/h8-10,12H,4-7H2,1-3H3,(H,14,15). The Kier molecular flexibility index (Phi) is 4.54. The van der Waals surface area contributed by atoms with Gasteiger partial charge in [-0.1, -0.05) is 13.8 Å². The molecule has 1 heterocycles. The monoisotopic (exact) mass is 214 g/mol. The largest absolute Gasteiger partial charge is 0.481 e. The molecule has 0 spiro atoms. The number of carbonyl (C=O) groups is 1. The molecule has 0 radical (unpaired) electrons. The van der Waals surface area contributed by atoms with Crippen LogP contribution in [0.15, 0.2) is 0 Å². The molecular formula is C11H22N2O2. The van der Waals surface area contributed by atoms with Crippen LogP contribution >= 0.6 is 0 Å². The number of hydrogen-bond donors (Lipinski definition) is 2. The molecule has 1 aliphatic heterocycles. The van der Waals surface area contributed by atoms with E-state index in [0.29, 0.717) is 25.0 Å². The van der Waals surface area contributed by atoms with Gasteiger partial charge in [0, 0.05) is 32.2 Å². The fourth-order valence-electron chi connectivity index (χ4n) is 2.01. The van der Waals surface area contributed by atoms with Gasteiger partial charge in [-0.3, -0.25) is 9.69 Å². The van der Waals surface area contributed by atoms with Crippen LogP contribution in [-0.2, 0) is 4.79 Å². The van der Waals surface area contributed by atoms with E-state index in [1.807, 2.05) is 0 Å². The Hall–Kier alpha value is -0.610. The molecule has 0 bridgehead atoms. The zero-order valence-corrected chi connectivity index (χ0v) is 9.86. The van der Waals surface area contributed by atoms with Crippen molar-refractivity contribution in [1.29, 1.82) is 0 Å². The predicted molar refractivity (Wildman–Crippen MR) is 59.9 cm³/mol. The van der Waals surface area contributed by atoms with E-state index in [2.05, 4.69) is 31.0 Å². The second kappa shape index (κ2) is 5.47. The van der Waals surface area contributed by atoms with E-state index in [1.165, 1.54) is 0 Å². The Labute approximate surface area is 91.6 Å². The van der Waals surface area contributed by atoms with Gasteiger partial charge in [-0.05, 0) is 12.8 Å². The van der Waals surface area contributed by atoms with Crippen molar-refractivity contribution in [2.45, 2.75) is 26.8 Å². The third-order valence-electron chi connectivity index (χ3n) is 2.86. The van der Waals surface area contributed by atoms with Gasteiger partial charge in [0.1, 0.15) is 0 Å². The summed E-state index contributed by atoms with van der Waals surface area (Å²) in [4.78, 5) is 13.3. The Morgan fingerprint density at radius 1 is 1.53 bits per heavy atom. The lowest BCUT2D eigenvalue weighted by Gasteiger charge is -2.29. The first-order chi connectivity index (χ1) is 7.00. The lowest BCUT2D eigenvalue weighted by atomic mass is 10.1. The van der Waals surface area contributed by atoms with Crippen molar-refractivity contribution in [2.75, 3.05) is 26.2 Å². The normalized spacial score (nSPS) is 29.1. The van der Waals surface area contributed by atoms with Crippen LogP contribution in [0.4, 0.5) is 0 Å². The number of carboxylic acids is 1. The Morgan fingerprint density at radius 2 is 2.20 bits per heavy atom. The minimum Gasteiger partial charge on any atom is -0.481 e. The van der Waals surface area contributed by atoms with Crippen LogP contribution in [0.5, 0.6) is 0 Å². The molecule has 88 valence electrons. The van der Waals surface area contributed by atoms with Gasteiger partial charge in [0.05, 0.1) is 5.92 Å². The lowest BCUT2D eigenvalue weighted by Crippen LogP contribution is -2.41. The molecule has 15 heavy (non-hydrogen) atoms. The molecule has 0 aromatic carbocycles. The van der Waals surface area contributed by atoms with Gasteiger partial charge < -0.3 is 10.4 Å². The van der Waals surface area contributed by atoms with E-state index in [0.717, 1.165) is 13.1 Å². The van der Waals surface area contributed by atoms with Crippen LogP contribution < -0.4 is 5.32 Å². The van der Waals surface area contributed by atoms with E-state index in [4.69, 9.17) is 5.11 Å². The van der Waals surface area contributed by atoms with Gasteiger partial charge in [0.25, 0.3) is 0 Å². The molecule has 4 nitrogen and oxygen atoms in total. The zero-order chi connectivity index (χ0) is 11.4. The highest BCUT2D eigenvalue weighted by Crippen LogP contribution is 2.11. The van der Waals surface area contributed by atoms with E-state index in [9.17, 15) is 4.79 Å². The van der Waals surface area contributed by atoms with Crippen LogP contribution in [0.3, 0.4) is 0 Å². The third kappa shape index (κ3) is 3.80. The first kappa shape index (κ1) is 12.5. The van der Waals surface area contributed by atoms with E-state index in [-0.39, 0.29) is 5.92 Å². The molecule has 2 unspecified atom stereocenters. The molecule has 1 saturated heterocycles. The number of nitrogens with zero attached hydrogens (tertiary/aromatic N) is 1. The Balaban J connectivity index is 2.60. The summed E-state index contributed by atoms with van der Waals surface area (Å²) in [5.41, 5.74) is 0. The molecule has 0 saturated carbocycles. The summed E-state index contributed by atoms with van der Waals surface area (Å²) in [6.45, 7) is 9.61. The number of nitrogens with one attached hydrogen (secondary N) is 1. The quantitative estimate of drug-likeness (QED) is 0.724. The van der Waals surface area contributed by atoms with Gasteiger partial charge >= 0.3 is 5.97 Å². The van der Waals surface area contributed by atoms with Gasteiger partial charge in [0.15, 0.2) is 0 Å². The second-order valence-electron chi connectivity index (χ2n) is 4.89. The van der Waals surface area contributed by atoms with Crippen LogP contribution in [0.2, 0.25) is 0 Å². The first-order valence-corrected chi connectivity index (χ1v) is 5.68. The molecule has 0 aromatic rings. The molecule has 0 aliphatic carbocycles. The SMILES string of the molecule is CC(C)CN1CC(C(=O)O)CNCC1C. The predicted octanol–water partition coefficient (Wildman–Crippen LogP) is 0.637.